The second kappa shape index (κ2) is 6.92. The minimum absolute atomic E-state index is 0.0447. The van der Waals surface area contributed by atoms with Crippen LogP contribution in [0.25, 0.3) is 23.2 Å². The summed E-state index contributed by atoms with van der Waals surface area (Å²) >= 11 is 0. The Hall–Kier alpha value is -3.28. The lowest BCUT2D eigenvalue weighted by atomic mass is 10.1. The first kappa shape index (κ1) is 16.2. The van der Waals surface area contributed by atoms with E-state index < -0.39 is 0 Å². The zero-order valence-electron chi connectivity index (χ0n) is 14.0. The van der Waals surface area contributed by atoms with Crippen molar-refractivity contribution < 1.29 is 9.18 Å². The summed E-state index contributed by atoms with van der Waals surface area (Å²) in [5.74, 6) is -0.322. The Labute approximate surface area is 150 Å². The summed E-state index contributed by atoms with van der Waals surface area (Å²) in [5.41, 5.74) is 2.72. The van der Waals surface area contributed by atoms with Gasteiger partial charge in [0.2, 0.25) is 5.91 Å². The van der Waals surface area contributed by atoms with E-state index in [4.69, 9.17) is 5.10 Å². The fourth-order valence-electron chi connectivity index (χ4n) is 3.06. The third-order valence-electron chi connectivity index (χ3n) is 4.45. The van der Waals surface area contributed by atoms with E-state index in [9.17, 15) is 9.18 Å². The second-order valence-corrected chi connectivity index (χ2v) is 6.14. The van der Waals surface area contributed by atoms with E-state index in [1.807, 2.05) is 59.3 Å². The number of nitrogens with zero attached hydrogens (tertiary/aromatic N) is 4. The lowest BCUT2D eigenvalue weighted by Crippen LogP contribution is -2.50. The van der Waals surface area contributed by atoms with Crippen molar-refractivity contribution >= 4 is 29.1 Å². The van der Waals surface area contributed by atoms with Crippen LogP contribution in [0.3, 0.4) is 0 Å². The van der Waals surface area contributed by atoms with Crippen LogP contribution in [0.2, 0.25) is 0 Å². The largest absolute Gasteiger partial charge is 0.335 e. The molecule has 130 valence electrons. The minimum atomic E-state index is -0.322. The molecule has 26 heavy (non-hydrogen) atoms. The van der Waals surface area contributed by atoms with Crippen molar-refractivity contribution in [3.63, 3.8) is 0 Å². The van der Waals surface area contributed by atoms with Crippen molar-refractivity contribution in [1.82, 2.24) is 19.7 Å². The number of benzene rings is 1. The maximum Gasteiger partial charge on any atom is 0.249 e. The quantitative estimate of drug-likeness (QED) is 0.679. The number of likely N-dealkylation sites (tertiary alicyclic amines) is 1. The van der Waals surface area contributed by atoms with Crippen LogP contribution in [0, 0.1) is 0 Å². The number of pyridine rings is 1. The number of halogens is 1. The normalized spacial score (nSPS) is 15.2. The fraction of sp³-hybridized carbons (Fsp3) is 0.150. The van der Waals surface area contributed by atoms with Crippen molar-refractivity contribution in [2.24, 2.45) is 0 Å². The van der Waals surface area contributed by atoms with E-state index in [2.05, 4.69) is 4.98 Å². The molecule has 0 radical (unpaired) electrons. The molecule has 2 aromatic heterocycles. The van der Waals surface area contributed by atoms with Crippen molar-refractivity contribution in [2.75, 3.05) is 13.1 Å². The van der Waals surface area contributed by atoms with Gasteiger partial charge in [0.1, 0.15) is 0 Å². The van der Waals surface area contributed by atoms with E-state index >= 15 is 0 Å². The first-order valence-electron chi connectivity index (χ1n) is 8.38. The Bertz CT molecular complexity index is 987. The highest BCUT2D eigenvalue weighted by atomic mass is 19.1. The molecule has 5 nitrogen and oxygen atoms in total. The monoisotopic (exact) mass is 348 g/mol. The summed E-state index contributed by atoms with van der Waals surface area (Å²) in [5, 5.41) is 5.67. The third kappa shape index (κ3) is 3.01. The molecule has 4 rings (SSSR count). The molecule has 0 bridgehead atoms. The molecule has 3 aromatic rings. The van der Waals surface area contributed by atoms with Crippen molar-refractivity contribution in [3.8, 4) is 0 Å². The fourth-order valence-corrected chi connectivity index (χ4v) is 3.06. The molecule has 0 atom stereocenters. The van der Waals surface area contributed by atoms with Crippen LogP contribution < -0.4 is 0 Å². The molecule has 1 fully saturated rings. The standard InChI is InChI=1S/C20H17FN4O/c21-11-10-19(26)24-13-16(14-24)25-20-17(7-4-12-22-20)18(23-25)9-8-15-5-2-1-3-6-15/h1-12,16H,13-14H2. The van der Waals surface area contributed by atoms with Gasteiger partial charge >= 0.3 is 0 Å². The van der Waals surface area contributed by atoms with Gasteiger partial charge in [0.05, 0.1) is 18.1 Å². The van der Waals surface area contributed by atoms with Gasteiger partial charge in [-0.3, -0.25) is 4.79 Å². The van der Waals surface area contributed by atoms with Crippen molar-refractivity contribution in [2.45, 2.75) is 6.04 Å². The highest BCUT2D eigenvalue weighted by molar-refractivity contribution is 5.89. The van der Waals surface area contributed by atoms with Gasteiger partial charge in [-0.25, -0.2) is 14.1 Å². The SMILES string of the molecule is O=C(C=CF)N1CC(n2nc(C=Cc3ccccc3)c3cccnc32)C1. The number of fused-ring (bicyclic) bond motifs is 1. The Morgan fingerprint density at radius 2 is 1.92 bits per heavy atom. The molecule has 0 N–H and O–H groups in total. The van der Waals surface area contributed by atoms with Crippen LogP contribution in [0.15, 0.2) is 61.1 Å². The predicted molar refractivity (Wildman–Crippen MR) is 98.8 cm³/mol. The summed E-state index contributed by atoms with van der Waals surface area (Å²) in [6.07, 6.45) is 6.93. The topological polar surface area (TPSA) is 51.0 Å². The lowest BCUT2D eigenvalue weighted by Gasteiger charge is -2.38. The molecule has 3 heterocycles. The van der Waals surface area contributed by atoms with Gasteiger partial charge in [0, 0.05) is 30.7 Å². The van der Waals surface area contributed by atoms with E-state index in [1.165, 1.54) is 0 Å². The van der Waals surface area contributed by atoms with Crippen LogP contribution in [-0.2, 0) is 4.79 Å². The number of amides is 1. The van der Waals surface area contributed by atoms with Gasteiger partial charge in [-0.2, -0.15) is 5.10 Å². The van der Waals surface area contributed by atoms with E-state index in [1.54, 1.807) is 11.1 Å². The smallest absolute Gasteiger partial charge is 0.249 e. The zero-order chi connectivity index (χ0) is 17.9. The number of aromatic nitrogens is 3. The molecule has 0 unspecified atom stereocenters. The van der Waals surface area contributed by atoms with Crippen LogP contribution in [0.5, 0.6) is 0 Å². The summed E-state index contributed by atoms with van der Waals surface area (Å²) in [6.45, 7) is 0.997. The molecule has 0 aliphatic carbocycles. The number of hydrogen-bond donors (Lipinski definition) is 0. The van der Waals surface area contributed by atoms with Crippen molar-refractivity contribution in [3.05, 3.63) is 72.3 Å². The number of carbonyl (C=O) groups is 1. The summed E-state index contributed by atoms with van der Waals surface area (Å²) in [6, 6.07) is 13.9. The number of carbonyl (C=O) groups excluding carboxylic acids is 1. The average Bonchev–Trinajstić information content (AvgIpc) is 2.99. The van der Waals surface area contributed by atoms with Crippen LogP contribution in [-0.4, -0.2) is 38.7 Å². The van der Waals surface area contributed by atoms with Crippen molar-refractivity contribution in [1.29, 1.82) is 0 Å². The Morgan fingerprint density at radius 1 is 1.12 bits per heavy atom. The summed E-state index contributed by atoms with van der Waals surface area (Å²) < 4.78 is 14.0. The van der Waals surface area contributed by atoms with E-state index in [0.717, 1.165) is 28.4 Å². The molecule has 1 amide bonds. The van der Waals surface area contributed by atoms with Gasteiger partial charge < -0.3 is 4.90 Å². The first-order chi connectivity index (χ1) is 12.8. The second-order valence-electron chi connectivity index (χ2n) is 6.14. The molecule has 1 aliphatic rings. The van der Waals surface area contributed by atoms with E-state index in [-0.39, 0.29) is 18.3 Å². The van der Waals surface area contributed by atoms with Gasteiger partial charge in [-0.15, -0.1) is 0 Å². The molecule has 1 aliphatic heterocycles. The molecule has 1 saturated heterocycles. The molecule has 6 heteroatoms. The summed E-state index contributed by atoms with van der Waals surface area (Å²) in [4.78, 5) is 17.7. The van der Waals surface area contributed by atoms with Gasteiger partial charge in [-0.1, -0.05) is 36.4 Å². The van der Waals surface area contributed by atoms with Gasteiger partial charge in [0.15, 0.2) is 5.65 Å². The Morgan fingerprint density at radius 3 is 2.69 bits per heavy atom. The Kier molecular flexibility index (Phi) is 4.31. The number of rotatable bonds is 4. The highest BCUT2D eigenvalue weighted by Crippen LogP contribution is 2.27. The maximum absolute atomic E-state index is 12.2. The van der Waals surface area contributed by atoms with Gasteiger partial charge in [-0.05, 0) is 23.8 Å². The molecule has 0 spiro atoms. The Balaban J connectivity index is 1.61. The van der Waals surface area contributed by atoms with Crippen LogP contribution in [0.4, 0.5) is 4.39 Å². The number of hydrogen-bond acceptors (Lipinski definition) is 3. The average molecular weight is 348 g/mol. The predicted octanol–water partition coefficient (Wildman–Crippen LogP) is 3.47. The molecule has 0 saturated carbocycles. The van der Waals surface area contributed by atoms with Crippen LogP contribution in [0.1, 0.15) is 17.3 Å². The molecule has 1 aromatic carbocycles. The minimum Gasteiger partial charge on any atom is -0.335 e. The molecular formula is C20H17FN4O. The lowest BCUT2D eigenvalue weighted by molar-refractivity contribution is -0.131. The third-order valence-corrected chi connectivity index (χ3v) is 4.45. The zero-order valence-corrected chi connectivity index (χ0v) is 14.0. The molecular weight excluding hydrogens is 331 g/mol. The highest BCUT2D eigenvalue weighted by Gasteiger charge is 2.33. The maximum atomic E-state index is 12.2. The van der Waals surface area contributed by atoms with Gasteiger partial charge in [0.25, 0.3) is 0 Å². The van der Waals surface area contributed by atoms with E-state index in [0.29, 0.717) is 13.1 Å². The van der Waals surface area contributed by atoms with Crippen LogP contribution >= 0.6 is 0 Å². The first-order valence-corrected chi connectivity index (χ1v) is 8.38. The summed E-state index contributed by atoms with van der Waals surface area (Å²) in [7, 11) is 0.